The smallest absolute Gasteiger partial charge is 0.414 e. The van der Waals surface area contributed by atoms with Crippen molar-refractivity contribution >= 4 is 23.0 Å². The van der Waals surface area contributed by atoms with E-state index in [2.05, 4.69) is 32.2 Å². The van der Waals surface area contributed by atoms with Gasteiger partial charge in [0.25, 0.3) is 5.69 Å². The lowest BCUT2D eigenvalue weighted by molar-refractivity contribution is -0.385. The van der Waals surface area contributed by atoms with E-state index >= 15 is 0 Å². The molecule has 1 aliphatic heterocycles. The van der Waals surface area contributed by atoms with Crippen LogP contribution in [0, 0.1) is 17.0 Å². The zero-order chi connectivity index (χ0) is 28.5. The molecule has 0 spiro atoms. The maximum atomic E-state index is 12.1. The summed E-state index contributed by atoms with van der Waals surface area (Å²) in [5.74, 6) is 1.32. The van der Waals surface area contributed by atoms with Crippen LogP contribution in [0.3, 0.4) is 0 Å². The summed E-state index contributed by atoms with van der Waals surface area (Å²) >= 11 is 0. The molecular formula is C30H33N3O6. The van der Waals surface area contributed by atoms with Crippen molar-refractivity contribution in [2.45, 2.75) is 39.8 Å². The molecule has 3 aromatic rings. The van der Waals surface area contributed by atoms with Gasteiger partial charge >= 0.3 is 6.09 Å². The number of nitro benzene ring substituents is 1. The van der Waals surface area contributed by atoms with Crippen LogP contribution in [0.4, 0.5) is 16.2 Å². The lowest BCUT2D eigenvalue weighted by Crippen LogP contribution is -2.32. The van der Waals surface area contributed by atoms with Crippen LogP contribution in [0.25, 0.3) is 16.7 Å². The normalized spacial score (nSPS) is 13.5. The first-order valence-electron chi connectivity index (χ1n) is 12.5. The van der Waals surface area contributed by atoms with Gasteiger partial charge in [-0.25, -0.2) is 4.79 Å². The van der Waals surface area contributed by atoms with Gasteiger partial charge in [-0.2, -0.15) is 0 Å². The van der Waals surface area contributed by atoms with E-state index in [0.717, 1.165) is 39.1 Å². The quantitative estimate of drug-likeness (QED) is 0.263. The Balaban J connectivity index is 1.83. The number of ether oxygens (including phenoxy) is 3. The lowest BCUT2D eigenvalue weighted by Gasteiger charge is -2.33. The summed E-state index contributed by atoms with van der Waals surface area (Å²) in [5, 5.41) is 14.9. The maximum absolute atomic E-state index is 12.1. The zero-order valence-corrected chi connectivity index (χ0v) is 23.2. The summed E-state index contributed by atoms with van der Waals surface area (Å²) in [6.45, 7) is 8.29. The molecule has 4 rings (SSSR count). The van der Waals surface area contributed by atoms with E-state index in [9.17, 15) is 14.9 Å². The Morgan fingerprint density at radius 2 is 1.74 bits per heavy atom. The number of rotatable bonds is 7. The fraction of sp³-hybridized carbons (Fsp3) is 0.300. The molecule has 1 amide bonds. The minimum atomic E-state index is -0.491. The molecule has 0 saturated heterocycles. The highest BCUT2D eigenvalue weighted by Crippen LogP contribution is 2.43. The van der Waals surface area contributed by atoms with Crippen LogP contribution in [0.15, 0.2) is 54.6 Å². The topological polar surface area (TPSA) is 103 Å². The number of benzene rings is 3. The maximum Gasteiger partial charge on any atom is 0.414 e. The predicted molar refractivity (Wildman–Crippen MR) is 152 cm³/mol. The zero-order valence-electron chi connectivity index (χ0n) is 23.2. The second-order valence-electron chi connectivity index (χ2n) is 10.3. The summed E-state index contributed by atoms with van der Waals surface area (Å²) in [6.07, 6.45) is 1.68. The number of amides is 1. The Morgan fingerprint density at radius 3 is 2.41 bits per heavy atom. The van der Waals surface area contributed by atoms with Crippen LogP contribution in [0.2, 0.25) is 0 Å². The van der Waals surface area contributed by atoms with Crippen molar-refractivity contribution in [1.29, 1.82) is 0 Å². The van der Waals surface area contributed by atoms with E-state index in [1.54, 1.807) is 39.4 Å². The van der Waals surface area contributed by atoms with Crippen molar-refractivity contribution in [2.24, 2.45) is 0 Å². The molecule has 0 unspecified atom stereocenters. The van der Waals surface area contributed by atoms with Gasteiger partial charge in [0.15, 0.2) is 0 Å². The van der Waals surface area contributed by atoms with Gasteiger partial charge in [-0.3, -0.25) is 10.1 Å². The van der Waals surface area contributed by atoms with Crippen LogP contribution in [0.5, 0.6) is 17.2 Å². The summed E-state index contributed by atoms with van der Waals surface area (Å²) in [7, 11) is 4.79. The van der Waals surface area contributed by atoms with E-state index in [0.29, 0.717) is 17.2 Å². The summed E-state index contributed by atoms with van der Waals surface area (Å²) in [5.41, 5.74) is 6.13. The number of hydrogen-bond acceptors (Lipinski definition) is 7. The predicted octanol–water partition coefficient (Wildman–Crippen LogP) is 6.83. The van der Waals surface area contributed by atoms with Gasteiger partial charge in [0.05, 0.1) is 23.6 Å². The number of allylic oxidation sites excluding steroid dienone is 1. The van der Waals surface area contributed by atoms with E-state index in [1.807, 2.05) is 25.1 Å². The Morgan fingerprint density at radius 1 is 1.03 bits per heavy atom. The van der Waals surface area contributed by atoms with Gasteiger partial charge in [-0.1, -0.05) is 12.1 Å². The van der Waals surface area contributed by atoms with Crippen molar-refractivity contribution in [3.05, 3.63) is 81.4 Å². The Labute approximate surface area is 228 Å². The van der Waals surface area contributed by atoms with Crippen molar-refractivity contribution in [3.63, 3.8) is 0 Å². The number of aryl methyl sites for hydroxylation is 1. The van der Waals surface area contributed by atoms with E-state index in [-0.39, 0.29) is 17.8 Å². The fourth-order valence-corrected chi connectivity index (χ4v) is 4.76. The number of carbonyl (C=O) groups is 1. The molecule has 39 heavy (non-hydrogen) atoms. The van der Waals surface area contributed by atoms with E-state index < -0.39 is 11.0 Å². The monoisotopic (exact) mass is 531 g/mol. The highest BCUT2D eigenvalue weighted by Gasteiger charge is 2.27. The third kappa shape index (κ3) is 5.82. The molecule has 9 heteroatoms. The molecule has 204 valence electrons. The summed E-state index contributed by atoms with van der Waals surface area (Å²) in [6, 6.07) is 13.9. The second kappa shape index (κ2) is 10.7. The average molecular weight is 532 g/mol. The molecule has 0 saturated carbocycles. The molecule has 1 N–H and O–H groups in total. The number of hydrogen-bond donors (Lipinski definition) is 1. The molecule has 0 aliphatic carbocycles. The van der Waals surface area contributed by atoms with Crippen molar-refractivity contribution in [1.82, 2.24) is 4.90 Å². The fourth-order valence-electron chi connectivity index (χ4n) is 4.76. The molecule has 0 aromatic heterocycles. The van der Waals surface area contributed by atoms with Crippen LogP contribution in [-0.2, 0) is 6.61 Å². The highest BCUT2D eigenvalue weighted by molar-refractivity contribution is 5.88. The van der Waals surface area contributed by atoms with E-state index in [1.165, 1.54) is 17.0 Å². The number of fused-ring (bicyclic) bond motifs is 1. The Bertz CT molecular complexity index is 1480. The SMILES string of the molecule is COc1cc(OC(=O)N(C)C)ccc1-c1ccc2c(c1COc1cc([N+](=O)[O-])ccc1C)C(C)=CC(C)(C)N2. The number of nitrogens with zero attached hydrogens (tertiary/aromatic N) is 2. The van der Waals surface area contributed by atoms with Crippen molar-refractivity contribution in [3.8, 4) is 28.4 Å². The first kappa shape index (κ1) is 27.5. The Hall–Kier alpha value is -4.53. The number of nitrogens with one attached hydrogen (secondary N) is 1. The number of anilines is 1. The van der Waals surface area contributed by atoms with Crippen LogP contribution in [-0.4, -0.2) is 42.7 Å². The van der Waals surface area contributed by atoms with Crippen LogP contribution < -0.4 is 19.5 Å². The molecule has 1 heterocycles. The van der Waals surface area contributed by atoms with Gasteiger partial charge in [0.1, 0.15) is 23.9 Å². The van der Waals surface area contributed by atoms with Gasteiger partial charge in [-0.15, -0.1) is 0 Å². The third-order valence-corrected chi connectivity index (χ3v) is 6.53. The molecular weight excluding hydrogens is 498 g/mol. The molecule has 1 aliphatic rings. The van der Waals surface area contributed by atoms with Gasteiger partial charge in [0, 0.05) is 48.6 Å². The third-order valence-electron chi connectivity index (χ3n) is 6.53. The minimum absolute atomic E-state index is 0.0325. The first-order valence-corrected chi connectivity index (χ1v) is 12.5. The van der Waals surface area contributed by atoms with Gasteiger partial charge in [-0.05, 0) is 68.7 Å². The number of non-ortho nitro benzene ring substituents is 1. The van der Waals surface area contributed by atoms with Gasteiger partial charge in [0.2, 0.25) is 0 Å². The minimum Gasteiger partial charge on any atom is -0.496 e. The molecule has 9 nitrogen and oxygen atoms in total. The second-order valence-corrected chi connectivity index (χ2v) is 10.3. The molecule has 0 fully saturated rings. The first-order chi connectivity index (χ1) is 18.4. The largest absolute Gasteiger partial charge is 0.496 e. The van der Waals surface area contributed by atoms with Crippen LogP contribution >= 0.6 is 0 Å². The molecule has 0 bridgehead atoms. The number of carbonyl (C=O) groups excluding carboxylic acids is 1. The van der Waals surface area contributed by atoms with Crippen molar-refractivity contribution < 1.29 is 23.9 Å². The van der Waals surface area contributed by atoms with Gasteiger partial charge < -0.3 is 24.4 Å². The average Bonchev–Trinajstić information content (AvgIpc) is 2.87. The van der Waals surface area contributed by atoms with Crippen LogP contribution in [0.1, 0.15) is 37.5 Å². The summed E-state index contributed by atoms with van der Waals surface area (Å²) in [4.78, 5) is 24.3. The highest BCUT2D eigenvalue weighted by atomic mass is 16.6. The molecule has 3 aromatic carbocycles. The number of methoxy groups -OCH3 is 1. The molecule has 0 radical (unpaired) electrons. The number of nitro groups is 1. The molecule has 0 atom stereocenters. The lowest BCUT2D eigenvalue weighted by atomic mass is 9.85. The Kier molecular flexibility index (Phi) is 7.53. The summed E-state index contributed by atoms with van der Waals surface area (Å²) < 4.78 is 17.4. The van der Waals surface area contributed by atoms with E-state index in [4.69, 9.17) is 14.2 Å². The van der Waals surface area contributed by atoms with Crippen molar-refractivity contribution in [2.75, 3.05) is 26.5 Å². The standard InChI is InChI=1S/C30H33N3O6/c1-18-8-9-20(33(35)36)14-26(18)38-17-24-22(12-13-25-28(24)19(2)16-30(3,4)31-25)23-11-10-21(15-27(23)37-7)39-29(34)32(5)6/h8-16,31H,17H2,1-7H3.